The molecule has 0 aliphatic heterocycles. The van der Waals surface area contributed by atoms with Gasteiger partial charge in [0, 0.05) is 38.6 Å². The van der Waals surface area contributed by atoms with E-state index in [1.54, 1.807) is 0 Å². The molecule has 1 aromatic rings. The van der Waals surface area contributed by atoms with Crippen molar-refractivity contribution in [1.29, 1.82) is 0 Å². The smallest absolute Gasteiger partial charge is 0.239 e. The lowest BCUT2D eigenvalue weighted by Crippen LogP contribution is -2.40. The quantitative estimate of drug-likeness (QED) is 0.905. The standard InChI is InChI=1S/C17H27N3O/c1-13-9-10-15(11-16(13)19(2)3)20(4)12-17(21)18-14-7-5-6-8-14/h9-11,14H,5-8,12H2,1-4H3,(H,18,21). The van der Waals surface area contributed by atoms with Gasteiger partial charge >= 0.3 is 0 Å². The fraction of sp³-hybridized carbons (Fsp3) is 0.588. The molecule has 1 amide bonds. The van der Waals surface area contributed by atoms with E-state index in [9.17, 15) is 4.79 Å². The topological polar surface area (TPSA) is 35.6 Å². The highest BCUT2D eigenvalue weighted by atomic mass is 16.2. The fourth-order valence-electron chi connectivity index (χ4n) is 2.97. The van der Waals surface area contributed by atoms with Crippen LogP contribution in [0.2, 0.25) is 0 Å². The molecular formula is C17H27N3O. The van der Waals surface area contributed by atoms with Crippen molar-refractivity contribution in [2.75, 3.05) is 37.5 Å². The lowest BCUT2D eigenvalue weighted by Gasteiger charge is -2.23. The number of amides is 1. The maximum absolute atomic E-state index is 12.1. The lowest BCUT2D eigenvalue weighted by molar-refractivity contribution is -0.120. The molecule has 0 radical (unpaired) electrons. The molecule has 0 atom stereocenters. The van der Waals surface area contributed by atoms with Crippen LogP contribution >= 0.6 is 0 Å². The maximum Gasteiger partial charge on any atom is 0.239 e. The first-order valence-corrected chi connectivity index (χ1v) is 7.76. The number of anilines is 2. The van der Waals surface area contributed by atoms with E-state index in [4.69, 9.17) is 0 Å². The summed E-state index contributed by atoms with van der Waals surface area (Å²) in [5.74, 6) is 0.122. The molecule has 0 heterocycles. The van der Waals surface area contributed by atoms with Gasteiger partial charge in [-0.15, -0.1) is 0 Å². The van der Waals surface area contributed by atoms with Gasteiger partial charge in [0.15, 0.2) is 0 Å². The Bertz CT molecular complexity index is 493. The van der Waals surface area contributed by atoms with Gasteiger partial charge in [-0.2, -0.15) is 0 Å². The van der Waals surface area contributed by atoms with Crippen LogP contribution in [0, 0.1) is 6.92 Å². The minimum atomic E-state index is 0.122. The van der Waals surface area contributed by atoms with E-state index in [1.807, 2.05) is 26.0 Å². The first kappa shape index (κ1) is 15.7. The van der Waals surface area contributed by atoms with Crippen LogP contribution in [0.5, 0.6) is 0 Å². The van der Waals surface area contributed by atoms with Crippen LogP contribution in [0.15, 0.2) is 18.2 Å². The van der Waals surface area contributed by atoms with Crippen molar-refractivity contribution in [3.63, 3.8) is 0 Å². The number of benzene rings is 1. The number of nitrogens with one attached hydrogen (secondary N) is 1. The second-order valence-corrected chi connectivity index (χ2v) is 6.27. The van der Waals surface area contributed by atoms with Crippen molar-refractivity contribution in [2.24, 2.45) is 0 Å². The predicted octanol–water partition coefficient (Wildman–Crippen LogP) is 2.56. The molecule has 1 aromatic carbocycles. The average Bonchev–Trinajstić information content (AvgIpc) is 2.91. The molecule has 0 aromatic heterocycles. The van der Waals surface area contributed by atoms with E-state index >= 15 is 0 Å². The van der Waals surface area contributed by atoms with Crippen molar-refractivity contribution in [3.05, 3.63) is 23.8 Å². The van der Waals surface area contributed by atoms with Gasteiger partial charge in [0.2, 0.25) is 5.91 Å². The van der Waals surface area contributed by atoms with Gasteiger partial charge in [-0.1, -0.05) is 18.9 Å². The highest BCUT2D eigenvalue weighted by Gasteiger charge is 2.18. The Morgan fingerprint density at radius 2 is 1.90 bits per heavy atom. The van der Waals surface area contributed by atoms with Gasteiger partial charge in [-0.05, 0) is 37.5 Å². The first-order valence-electron chi connectivity index (χ1n) is 7.76. The Kier molecular flexibility index (Phi) is 5.10. The van der Waals surface area contributed by atoms with E-state index in [0.29, 0.717) is 12.6 Å². The monoisotopic (exact) mass is 289 g/mol. The first-order chi connectivity index (χ1) is 9.97. The van der Waals surface area contributed by atoms with Gasteiger partial charge < -0.3 is 15.1 Å². The number of nitrogens with zero attached hydrogens (tertiary/aromatic N) is 2. The Hall–Kier alpha value is -1.71. The summed E-state index contributed by atoms with van der Waals surface area (Å²) in [5.41, 5.74) is 3.51. The summed E-state index contributed by atoms with van der Waals surface area (Å²) in [7, 11) is 6.05. The molecule has 4 heteroatoms. The zero-order chi connectivity index (χ0) is 15.4. The number of rotatable bonds is 5. The molecule has 1 saturated carbocycles. The van der Waals surface area contributed by atoms with E-state index in [0.717, 1.165) is 18.5 Å². The predicted molar refractivity (Wildman–Crippen MR) is 89.2 cm³/mol. The molecule has 1 aliphatic carbocycles. The minimum Gasteiger partial charge on any atom is -0.377 e. The maximum atomic E-state index is 12.1. The van der Waals surface area contributed by atoms with Gasteiger partial charge in [0.05, 0.1) is 6.54 Å². The van der Waals surface area contributed by atoms with Crippen molar-refractivity contribution in [3.8, 4) is 0 Å². The molecule has 4 nitrogen and oxygen atoms in total. The highest BCUT2D eigenvalue weighted by Crippen LogP contribution is 2.24. The molecule has 2 rings (SSSR count). The molecule has 116 valence electrons. The molecule has 0 bridgehead atoms. The summed E-state index contributed by atoms with van der Waals surface area (Å²) in [6, 6.07) is 6.71. The van der Waals surface area contributed by atoms with Crippen molar-refractivity contribution in [1.82, 2.24) is 5.32 Å². The Morgan fingerprint density at radius 1 is 1.24 bits per heavy atom. The van der Waals surface area contributed by atoms with Crippen LogP contribution < -0.4 is 15.1 Å². The summed E-state index contributed by atoms with van der Waals surface area (Å²) < 4.78 is 0. The van der Waals surface area contributed by atoms with Crippen molar-refractivity contribution < 1.29 is 4.79 Å². The average molecular weight is 289 g/mol. The van der Waals surface area contributed by atoms with Crippen LogP contribution in [0.1, 0.15) is 31.2 Å². The Labute approximate surface area is 128 Å². The van der Waals surface area contributed by atoms with E-state index in [1.165, 1.54) is 24.1 Å². The number of hydrogen-bond donors (Lipinski definition) is 1. The fourth-order valence-corrected chi connectivity index (χ4v) is 2.97. The number of carbonyl (C=O) groups excluding carboxylic acids is 1. The lowest BCUT2D eigenvalue weighted by atomic mass is 10.1. The zero-order valence-corrected chi connectivity index (χ0v) is 13.6. The molecule has 0 spiro atoms. The summed E-state index contributed by atoms with van der Waals surface area (Å²) >= 11 is 0. The summed E-state index contributed by atoms with van der Waals surface area (Å²) in [4.78, 5) is 16.2. The second kappa shape index (κ2) is 6.83. The molecule has 0 saturated heterocycles. The van der Waals surface area contributed by atoms with Crippen LogP contribution in [0.4, 0.5) is 11.4 Å². The summed E-state index contributed by atoms with van der Waals surface area (Å²) in [6.45, 7) is 2.51. The number of likely N-dealkylation sites (N-methyl/N-ethyl adjacent to an activating group) is 1. The highest BCUT2D eigenvalue weighted by molar-refractivity contribution is 5.82. The van der Waals surface area contributed by atoms with Crippen LogP contribution in [0.3, 0.4) is 0 Å². The van der Waals surface area contributed by atoms with Crippen LogP contribution in [-0.4, -0.2) is 39.6 Å². The van der Waals surface area contributed by atoms with Gasteiger partial charge in [-0.25, -0.2) is 0 Å². The molecule has 1 aliphatic rings. The second-order valence-electron chi connectivity index (χ2n) is 6.27. The molecular weight excluding hydrogens is 262 g/mol. The summed E-state index contributed by atoms with van der Waals surface area (Å²) in [5, 5.41) is 3.14. The molecule has 1 fully saturated rings. The normalized spacial score (nSPS) is 15.0. The Morgan fingerprint density at radius 3 is 2.52 bits per heavy atom. The van der Waals surface area contributed by atoms with E-state index < -0.39 is 0 Å². The molecule has 1 N–H and O–H groups in total. The van der Waals surface area contributed by atoms with E-state index in [2.05, 4.69) is 35.3 Å². The van der Waals surface area contributed by atoms with Crippen LogP contribution in [0.25, 0.3) is 0 Å². The number of carbonyl (C=O) groups is 1. The van der Waals surface area contributed by atoms with Crippen molar-refractivity contribution in [2.45, 2.75) is 38.6 Å². The van der Waals surface area contributed by atoms with Crippen molar-refractivity contribution >= 4 is 17.3 Å². The number of aryl methyl sites for hydroxylation is 1. The Balaban J connectivity index is 1.97. The van der Waals surface area contributed by atoms with Gasteiger partial charge in [0.1, 0.15) is 0 Å². The third-order valence-electron chi connectivity index (χ3n) is 4.22. The van der Waals surface area contributed by atoms with E-state index in [-0.39, 0.29) is 5.91 Å². The third kappa shape index (κ3) is 4.13. The third-order valence-corrected chi connectivity index (χ3v) is 4.22. The van der Waals surface area contributed by atoms with Crippen LogP contribution in [-0.2, 0) is 4.79 Å². The SMILES string of the molecule is Cc1ccc(N(C)CC(=O)NC2CCCC2)cc1N(C)C. The summed E-state index contributed by atoms with van der Waals surface area (Å²) in [6.07, 6.45) is 4.74. The van der Waals surface area contributed by atoms with Gasteiger partial charge in [-0.3, -0.25) is 4.79 Å². The zero-order valence-electron chi connectivity index (χ0n) is 13.6. The molecule has 0 unspecified atom stereocenters. The molecule has 21 heavy (non-hydrogen) atoms. The van der Waals surface area contributed by atoms with Gasteiger partial charge in [0.25, 0.3) is 0 Å². The minimum absolute atomic E-state index is 0.122. The number of hydrogen-bond acceptors (Lipinski definition) is 3. The largest absolute Gasteiger partial charge is 0.377 e.